The van der Waals surface area contributed by atoms with Crippen molar-refractivity contribution in [2.45, 2.75) is 59.0 Å². The molecule has 4 heteroatoms. The highest BCUT2D eigenvalue weighted by molar-refractivity contribution is 5.31. The van der Waals surface area contributed by atoms with E-state index in [-0.39, 0.29) is 16.7 Å². The van der Waals surface area contributed by atoms with Crippen LogP contribution in [0.25, 0.3) is 0 Å². The molecule has 1 saturated heterocycles. The maximum atomic E-state index is 11.9. The maximum absolute atomic E-state index is 11.9. The van der Waals surface area contributed by atoms with Crippen molar-refractivity contribution >= 4 is 0 Å². The molecule has 2 rings (SSSR count). The minimum Gasteiger partial charge on any atom is -0.503 e. The molecule has 4 nitrogen and oxygen atoms in total. The van der Waals surface area contributed by atoms with E-state index >= 15 is 0 Å². The number of aromatic nitrogens is 1. The van der Waals surface area contributed by atoms with Gasteiger partial charge in [-0.15, -0.1) is 0 Å². The lowest BCUT2D eigenvalue weighted by atomic mass is 10.0. The zero-order valence-electron chi connectivity index (χ0n) is 13.1. The Morgan fingerprint density at radius 2 is 1.80 bits per heavy atom. The molecule has 1 N–H and O–H groups in total. The van der Waals surface area contributed by atoms with Gasteiger partial charge >= 0.3 is 0 Å². The van der Waals surface area contributed by atoms with Crippen LogP contribution in [0.3, 0.4) is 0 Å². The molecule has 1 aromatic heterocycles. The molecule has 1 aromatic rings. The molecule has 1 aliphatic heterocycles. The van der Waals surface area contributed by atoms with Crippen molar-refractivity contribution in [1.82, 2.24) is 9.47 Å². The smallest absolute Gasteiger partial charge is 0.223 e. The summed E-state index contributed by atoms with van der Waals surface area (Å²) in [4.78, 5) is 14.2. The number of rotatable bonds is 2. The summed E-state index contributed by atoms with van der Waals surface area (Å²) in [5, 5.41) is 10.2. The molecule has 1 aliphatic rings. The van der Waals surface area contributed by atoms with Crippen molar-refractivity contribution in [2.75, 3.05) is 13.1 Å². The quantitative estimate of drug-likeness (QED) is 0.904. The lowest BCUT2D eigenvalue weighted by Gasteiger charge is -2.33. The number of pyridine rings is 1. The third-order valence-electron chi connectivity index (χ3n) is 3.96. The summed E-state index contributed by atoms with van der Waals surface area (Å²) < 4.78 is 2.10. The van der Waals surface area contributed by atoms with Crippen LogP contribution in [-0.2, 0) is 12.1 Å². The zero-order valence-corrected chi connectivity index (χ0v) is 13.1. The van der Waals surface area contributed by atoms with Crippen LogP contribution in [0.2, 0.25) is 0 Å². The third kappa shape index (κ3) is 3.06. The van der Waals surface area contributed by atoms with Crippen molar-refractivity contribution < 1.29 is 5.11 Å². The van der Waals surface area contributed by atoms with E-state index in [2.05, 4.69) is 30.2 Å². The Labute approximate surface area is 121 Å². The second-order valence-electron chi connectivity index (χ2n) is 6.79. The predicted molar refractivity (Wildman–Crippen MR) is 81.2 cm³/mol. The summed E-state index contributed by atoms with van der Waals surface area (Å²) in [7, 11) is 0. The van der Waals surface area contributed by atoms with E-state index in [9.17, 15) is 9.90 Å². The van der Waals surface area contributed by atoms with Gasteiger partial charge in [-0.3, -0.25) is 9.69 Å². The van der Waals surface area contributed by atoms with Crippen LogP contribution in [0.1, 0.15) is 51.4 Å². The van der Waals surface area contributed by atoms with Crippen LogP contribution >= 0.6 is 0 Å². The first-order chi connectivity index (χ1) is 9.30. The summed E-state index contributed by atoms with van der Waals surface area (Å²) in [5.41, 5.74) is 1.24. The fourth-order valence-corrected chi connectivity index (χ4v) is 3.19. The molecule has 0 atom stereocenters. The van der Waals surface area contributed by atoms with E-state index < -0.39 is 0 Å². The van der Waals surface area contributed by atoms with Crippen molar-refractivity contribution in [1.29, 1.82) is 0 Å². The Bertz CT molecular complexity index is 535. The third-order valence-corrected chi connectivity index (χ3v) is 3.96. The molecule has 0 unspecified atom stereocenters. The van der Waals surface area contributed by atoms with Gasteiger partial charge < -0.3 is 9.67 Å². The van der Waals surface area contributed by atoms with Gasteiger partial charge in [-0.25, -0.2) is 0 Å². The Kier molecular flexibility index (Phi) is 4.23. The highest BCUT2D eigenvalue weighted by Gasteiger charge is 2.24. The summed E-state index contributed by atoms with van der Waals surface area (Å²) in [6.45, 7) is 11.0. The molecule has 112 valence electrons. The van der Waals surface area contributed by atoms with Crippen LogP contribution in [0.5, 0.6) is 5.75 Å². The molecule has 0 aromatic carbocycles. The Morgan fingerprint density at radius 3 is 2.35 bits per heavy atom. The summed E-state index contributed by atoms with van der Waals surface area (Å²) in [6.07, 6.45) is 3.68. The molecule has 1 fully saturated rings. The average Bonchev–Trinajstić information content (AvgIpc) is 2.35. The number of hydrogen-bond donors (Lipinski definition) is 1. The summed E-state index contributed by atoms with van der Waals surface area (Å²) in [6, 6.07) is 1.53. The van der Waals surface area contributed by atoms with Gasteiger partial charge in [0.15, 0.2) is 5.75 Å². The fraction of sp³-hybridized carbons (Fsp3) is 0.688. The molecule has 0 radical (unpaired) electrons. The van der Waals surface area contributed by atoms with Crippen molar-refractivity contribution in [3.63, 3.8) is 0 Å². The maximum Gasteiger partial charge on any atom is 0.223 e. The SMILES string of the molecule is Cc1cc(=O)c(O)c(CN2CCCCC2)n1C(C)(C)C. The molecular weight excluding hydrogens is 252 g/mol. The molecule has 0 spiro atoms. The Hall–Kier alpha value is -1.29. The topological polar surface area (TPSA) is 45.5 Å². The van der Waals surface area contributed by atoms with Gasteiger partial charge in [-0.05, 0) is 53.6 Å². The molecule has 0 saturated carbocycles. The Morgan fingerprint density at radius 1 is 1.20 bits per heavy atom. The average molecular weight is 278 g/mol. The predicted octanol–water partition coefficient (Wildman–Crippen LogP) is 2.60. The molecule has 0 aliphatic carbocycles. The van der Waals surface area contributed by atoms with E-state index in [4.69, 9.17) is 0 Å². The number of likely N-dealkylation sites (tertiary alicyclic amines) is 1. The molecular formula is C16H26N2O2. The first-order valence-corrected chi connectivity index (χ1v) is 7.48. The number of hydrogen-bond acceptors (Lipinski definition) is 3. The van der Waals surface area contributed by atoms with Crippen LogP contribution in [0, 0.1) is 6.92 Å². The van der Waals surface area contributed by atoms with Crippen molar-refractivity contribution in [3.8, 4) is 5.75 Å². The van der Waals surface area contributed by atoms with E-state index in [1.165, 1.54) is 25.3 Å². The van der Waals surface area contributed by atoms with E-state index in [0.717, 1.165) is 24.5 Å². The fourth-order valence-electron chi connectivity index (χ4n) is 3.19. The molecule has 2 heterocycles. The normalized spacial score (nSPS) is 17.4. The lowest BCUT2D eigenvalue weighted by Crippen LogP contribution is -2.35. The van der Waals surface area contributed by atoms with Crippen LogP contribution in [-0.4, -0.2) is 27.7 Å². The molecule has 0 bridgehead atoms. The highest BCUT2D eigenvalue weighted by atomic mass is 16.3. The van der Waals surface area contributed by atoms with Crippen LogP contribution in [0.4, 0.5) is 0 Å². The standard InChI is InChI=1S/C16H26N2O2/c1-12-10-14(19)15(20)13(18(12)16(2,3)4)11-17-8-6-5-7-9-17/h10,20H,5-9,11H2,1-4H3. The molecule has 20 heavy (non-hydrogen) atoms. The number of aromatic hydroxyl groups is 1. The monoisotopic (exact) mass is 278 g/mol. The summed E-state index contributed by atoms with van der Waals surface area (Å²) in [5.74, 6) is -0.0869. The van der Waals surface area contributed by atoms with Crippen LogP contribution in [0.15, 0.2) is 10.9 Å². The number of aryl methyl sites for hydroxylation is 1. The van der Waals surface area contributed by atoms with Crippen molar-refractivity contribution in [2.24, 2.45) is 0 Å². The number of nitrogens with zero attached hydrogens (tertiary/aromatic N) is 2. The zero-order chi connectivity index (χ0) is 14.9. The van der Waals surface area contributed by atoms with Gasteiger partial charge in [0, 0.05) is 23.8 Å². The van der Waals surface area contributed by atoms with Gasteiger partial charge in [-0.2, -0.15) is 0 Å². The highest BCUT2D eigenvalue weighted by Crippen LogP contribution is 2.26. The summed E-state index contributed by atoms with van der Waals surface area (Å²) >= 11 is 0. The second kappa shape index (κ2) is 5.60. The van der Waals surface area contributed by atoms with Crippen molar-refractivity contribution in [3.05, 3.63) is 27.7 Å². The van der Waals surface area contributed by atoms with E-state index in [1.54, 1.807) is 0 Å². The number of piperidine rings is 1. The largest absolute Gasteiger partial charge is 0.503 e. The second-order valence-corrected chi connectivity index (χ2v) is 6.79. The van der Waals surface area contributed by atoms with Gasteiger partial charge in [0.25, 0.3) is 0 Å². The first kappa shape index (κ1) is 15.1. The van der Waals surface area contributed by atoms with Gasteiger partial charge in [0.1, 0.15) is 0 Å². The lowest BCUT2D eigenvalue weighted by molar-refractivity contribution is 0.205. The van der Waals surface area contributed by atoms with E-state index in [1.807, 2.05) is 6.92 Å². The minimum atomic E-state index is -0.269. The minimum absolute atomic E-state index is 0.0869. The van der Waals surface area contributed by atoms with Crippen LogP contribution < -0.4 is 5.43 Å². The Balaban J connectivity index is 2.45. The van der Waals surface area contributed by atoms with E-state index in [0.29, 0.717) is 6.54 Å². The first-order valence-electron chi connectivity index (χ1n) is 7.48. The molecule has 0 amide bonds. The van der Waals surface area contributed by atoms with Gasteiger partial charge in [0.2, 0.25) is 5.43 Å². The van der Waals surface area contributed by atoms with Gasteiger partial charge in [0.05, 0.1) is 5.69 Å². The van der Waals surface area contributed by atoms with Gasteiger partial charge in [-0.1, -0.05) is 6.42 Å².